The summed E-state index contributed by atoms with van der Waals surface area (Å²) in [4.78, 5) is 25.9. The molecule has 2 N–H and O–H groups in total. The van der Waals surface area contributed by atoms with Crippen molar-refractivity contribution in [2.75, 3.05) is 13.1 Å². The van der Waals surface area contributed by atoms with Gasteiger partial charge >= 0.3 is 0 Å². The molecule has 2 rings (SSSR count). The van der Waals surface area contributed by atoms with Gasteiger partial charge in [0.15, 0.2) is 10.9 Å². The largest absolute Gasteiger partial charge is 0.459 e. The highest BCUT2D eigenvalue weighted by Gasteiger charge is 2.31. The van der Waals surface area contributed by atoms with E-state index in [-0.39, 0.29) is 22.4 Å². The van der Waals surface area contributed by atoms with Crippen molar-refractivity contribution in [3.8, 4) is 6.07 Å². The highest BCUT2D eigenvalue weighted by atomic mass is 32.1. The first-order valence-electron chi connectivity index (χ1n) is 5.62. The highest BCUT2D eigenvalue weighted by Crippen LogP contribution is 2.15. The number of hydrogen-bond donors (Lipinski definition) is 1. The molecule has 102 valence electrons. The molecule has 1 saturated heterocycles. The molecule has 0 radical (unpaired) electrons. The summed E-state index contributed by atoms with van der Waals surface area (Å²) in [5.74, 6) is -1.03. The number of carbonyl (C=O) groups excluding carboxylic acids is 2. The molecule has 8 heteroatoms. The average molecular weight is 290 g/mol. The van der Waals surface area contributed by atoms with Crippen LogP contribution in [0, 0.1) is 11.3 Å². The van der Waals surface area contributed by atoms with Crippen molar-refractivity contribution in [2.24, 2.45) is 5.73 Å². The summed E-state index contributed by atoms with van der Waals surface area (Å²) >= 11 is 5.15. The first kappa shape index (κ1) is 13.8. The van der Waals surface area contributed by atoms with E-state index < -0.39 is 5.91 Å². The van der Waals surface area contributed by atoms with Crippen molar-refractivity contribution in [2.45, 2.75) is 0 Å². The Morgan fingerprint density at radius 3 is 2.80 bits per heavy atom. The molecule has 1 fully saturated rings. The fourth-order valence-corrected chi connectivity index (χ4v) is 2.02. The number of furan rings is 1. The van der Waals surface area contributed by atoms with E-state index in [0.717, 1.165) is 0 Å². The number of thiocarbonyl (C=S) groups is 1. The summed E-state index contributed by atoms with van der Waals surface area (Å²) in [6.07, 6.45) is 2.64. The van der Waals surface area contributed by atoms with Crippen LogP contribution in [0.15, 0.2) is 34.6 Å². The van der Waals surface area contributed by atoms with Crippen LogP contribution in [0.5, 0.6) is 0 Å². The molecule has 0 bridgehead atoms. The van der Waals surface area contributed by atoms with Crippen LogP contribution in [-0.4, -0.2) is 39.8 Å². The maximum Gasteiger partial charge on any atom is 0.295 e. The summed E-state index contributed by atoms with van der Waals surface area (Å²) in [6.45, 7) is 0.718. The number of amides is 2. The Hall–Kier alpha value is -2.66. The second-order valence-corrected chi connectivity index (χ2v) is 4.29. The monoisotopic (exact) mass is 290 g/mol. The Balaban J connectivity index is 2.16. The average Bonchev–Trinajstić information content (AvgIpc) is 3.05. The first-order chi connectivity index (χ1) is 9.54. The second kappa shape index (κ2) is 5.54. The van der Waals surface area contributed by atoms with Crippen molar-refractivity contribution in [3.05, 3.63) is 35.9 Å². The molecule has 0 spiro atoms. The van der Waals surface area contributed by atoms with Crippen molar-refractivity contribution in [1.82, 2.24) is 9.80 Å². The smallest absolute Gasteiger partial charge is 0.295 e. The Morgan fingerprint density at radius 1 is 1.50 bits per heavy atom. The molecule has 0 aromatic carbocycles. The van der Waals surface area contributed by atoms with Crippen LogP contribution in [0.4, 0.5) is 0 Å². The number of primary amides is 1. The molecule has 1 aromatic heterocycles. The van der Waals surface area contributed by atoms with E-state index in [2.05, 4.69) is 0 Å². The molecule has 1 aliphatic rings. The van der Waals surface area contributed by atoms with Gasteiger partial charge < -0.3 is 15.1 Å². The zero-order chi connectivity index (χ0) is 14.7. The lowest BCUT2D eigenvalue weighted by atomic mass is 10.3. The van der Waals surface area contributed by atoms with Crippen LogP contribution in [0.1, 0.15) is 10.6 Å². The maximum atomic E-state index is 12.1. The number of nitrogens with two attached hydrogens (primary N) is 1. The molecule has 1 aromatic rings. The maximum absolute atomic E-state index is 12.1. The molecular weight excluding hydrogens is 280 g/mol. The van der Waals surface area contributed by atoms with Gasteiger partial charge in [-0.2, -0.15) is 5.26 Å². The number of nitrogens with zero attached hydrogens (tertiary/aromatic N) is 3. The summed E-state index contributed by atoms with van der Waals surface area (Å²) < 4.78 is 5.02. The van der Waals surface area contributed by atoms with E-state index in [4.69, 9.17) is 27.6 Å². The molecule has 7 nitrogen and oxygen atoms in total. The molecular formula is C12H10N4O3S. The predicted octanol–water partition coefficient (Wildman–Crippen LogP) is 0.215. The van der Waals surface area contributed by atoms with E-state index in [1.807, 2.05) is 0 Å². The normalized spacial score (nSPS) is 15.3. The molecule has 2 amide bonds. The molecule has 0 saturated carbocycles. The minimum absolute atomic E-state index is 0.175. The van der Waals surface area contributed by atoms with Gasteiger partial charge in [0, 0.05) is 19.3 Å². The summed E-state index contributed by atoms with van der Waals surface area (Å²) in [7, 11) is 0. The van der Waals surface area contributed by atoms with E-state index in [1.165, 1.54) is 28.3 Å². The predicted molar refractivity (Wildman–Crippen MR) is 71.9 cm³/mol. The Kier molecular flexibility index (Phi) is 3.81. The van der Waals surface area contributed by atoms with Gasteiger partial charge in [-0.1, -0.05) is 0 Å². The van der Waals surface area contributed by atoms with E-state index in [0.29, 0.717) is 13.1 Å². The fraction of sp³-hybridized carbons (Fsp3) is 0.167. The Morgan fingerprint density at radius 2 is 2.25 bits per heavy atom. The Labute approximate surface area is 119 Å². The van der Waals surface area contributed by atoms with Gasteiger partial charge in [-0.05, 0) is 24.4 Å². The topological polar surface area (TPSA) is 104 Å². The van der Waals surface area contributed by atoms with Gasteiger partial charge in [-0.3, -0.25) is 14.5 Å². The highest BCUT2D eigenvalue weighted by molar-refractivity contribution is 7.80. The van der Waals surface area contributed by atoms with Gasteiger partial charge in [-0.25, -0.2) is 0 Å². The van der Waals surface area contributed by atoms with Gasteiger partial charge in [0.25, 0.3) is 11.8 Å². The number of carbonyl (C=O) groups is 2. The second-order valence-electron chi connectivity index (χ2n) is 3.93. The zero-order valence-electron chi connectivity index (χ0n) is 10.3. The first-order valence-corrected chi connectivity index (χ1v) is 6.03. The van der Waals surface area contributed by atoms with Crippen LogP contribution < -0.4 is 5.73 Å². The standard InChI is InChI=1S/C12H10N4O3S/c13-6-8(10(14)17)7-15-3-4-16(12(15)20)11(18)9-2-1-5-19-9/h1-2,5,7H,3-4H2,(H2,14,17)/b8-7-. The van der Waals surface area contributed by atoms with Crippen molar-refractivity contribution < 1.29 is 14.0 Å². The number of hydrogen-bond acceptors (Lipinski definition) is 5. The SMILES string of the molecule is N#C/C(=C/N1CCN(C(=O)c2ccco2)C1=S)C(N)=O. The van der Waals surface area contributed by atoms with Crippen molar-refractivity contribution in [3.63, 3.8) is 0 Å². The van der Waals surface area contributed by atoms with E-state index >= 15 is 0 Å². The quantitative estimate of drug-likeness (QED) is 0.485. The van der Waals surface area contributed by atoms with Crippen LogP contribution in [0.2, 0.25) is 0 Å². The van der Waals surface area contributed by atoms with Gasteiger partial charge in [-0.15, -0.1) is 0 Å². The Bertz CT molecular complexity index is 630. The van der Waals surface area contributed by atoms with Crippen LogP contribution >= 0.6 is 12.2 Å². The summed E-state index contributed by atoms with van der Waals surface area (Å²) in [6, 6.07) is 4.82. The van der Waals surface area contributed by atoms with Gasteiger partial charge in [0.05, 0.1) is 6.26 Å². The summed E-state index contributed by atoms with van der Waals surface area (Å²) in [5.41, 5.74) is 4.82. The molecule has 1 aliphatic heterocycles. The van der Waals surface area contributed by atoms with Crippen LogP contribution in [0.25, 0.3) is 0 Å². The minimum Gasteiger partial charge on any atom is -0.459 e. The van der Waals surface area contributed by atoms with Gasteiger partial charge in [0.1, 0.15) is 11.6 Å². The van der Waals surface area contributed by atoms with E-state index in [9.17, 15) is 9.59 Å². The number of rotatable bonds is 3. The molecule has 0 atom stereocenters. The third-order valence-electron chi connectivity index (χ3n) is 2.69. The lowest BCUT2D eigenvalue weighted by molar-refractivity contribution is -0.114. The molecule has 0 unspecified atom stereocenters. The molecule has 2 heterocycles. The lowest BCUT2D eigenvalue weighted by Gasteiger charge is -2.16. The van der Waals surface area contributed by atoms with Crippen LogP contribution in [0.3, 0.4) is 0 Å². The molecule has 20 heavy (non-hydrogen) atoms. The molecule has 0 aliphatic carbocycles. The van der Waals surface area contributed by atoms with Crippen molar-refractivity contribution in [1.29, 1.82) is 5.26 Å². The third-order valence-corrected chi connectivity index (χ3v) is 3.14. The fourth-order valence-electron chi connectivity index (χ4n) is 1.70. The minimum atomic E-state index is -0.842. The van der Waals surface area contributed by atoms with Crippen LogP contribution in [-0.2, 0) is 4.79 Å². The summed E-state index contributed by atoms with van der Waals surface area (Å²) in [5, 5.41) is 8.98. The number of nitriles is 1. The zero-order valence-corrected chi connectivity index (χ0v) is 11.1. The van der Waals surface area contributed by atoms with E-state index in [1.54, 1.807) is 12.1 Å². The third kappa shape index (κ3) is 2.53. The van der Waals surface area contributed by atoms with Gasteiger partial charge in [0.2, 0.25) is 0 Å². The van der Waals surface area contributed by atoms with Crippen molar-refractivity contribution >= 4 is 29.1 Å². The lowest BCUT2D eigenvalue weighted by Crippen LogP contribution is -2.34.